The van der Waals surface area contributed by atoms with Crippen LogP contribution in [0.15, 0.2) is 11.2 Å². The summed E-state index contributed by atoms with van der Waals surface area (Å²) in [5.74, 6) is 0.767. The smallest absolute Gasteiger partial charge is 0.174 e. The van der Waals surface area contributed by atoms with Gasteiger partial charge < -0.3 is 20.9 Å². The molecule has 0 spiro atoms. The summed E-state index contributed by atoms with van der Waals surface area (Å²) in [7, 11) is 0. The Morgan fingerprint density at radius 3 is 2.70 bits per heavy atom. The highest BCUT2D eigenvalue weighted by Gasteiger charge is 2.28. The van der Waals surface area contributed by atoms with Crippen LogP contribution in [0.4, 0.5) is 5.82 Å². The summed E-state index contributed by atoms with van der Waals surface area (Å²) in [4.78, 5) is 6.65. The lowest BCUT2D eigenvalue weighted by molar-refractivity contribution is 0.283. The van der Waals surface area contributed by atoms with Crippen molar-refractivity contribution in [2.45, 2.75) is 39.2 Å². The van der Waals surface area contributed by atoms with Crippen molar-refractivity contribution in [1.29, 1.82) is 0 Å². The van der Waals surface area contributed by atoms with Gasteiger partial charge in [0.1, 0.15) is 5.82 Å². The van der Waals surface area contributed by atoms with Crippen LogP contribution < -0.4 is 10.6 Å². The van der Waals surface area contributed by atoms with Gasteiger partial charge in [-0.2, -0.15) is 0 Å². The lowest BCUT2D eigenvalue weighted by Gasteiger charge is -2.39. The van der Waals surface area contributed by atoms with Crippen molar-refractivity contribution < 1.29 is 10.3 Å². The third-order valence-corrected chi connectivity index (χ3v) is 3.82. The van der Waals surface area contributed by atoms with E-state index in [2.05, 4.69) is 15.0 Å². The molecule has 6 heteroatoms. The minimum Gasteiger partial charge on any atom is -0.409 e. The average molecular weight is 278 g/mol. The van der Waals surface area contributed by atoms with Gasteiger partial charge in [0.25, 0.3) is 0 Å². The number of aryl methyl sites for hydroxylation is 2. The molecule has 0 amide bonds. The number of nitrogens with two attached hydrogens (primary N) is 1. The maximum absolute atomic E-state index is 9.31. The summed E-state index contributed by atoms with van der Waals surface area (Å²) in [6.45, 7) is 4.40. The maximum atomic E-state index is 9.31. The van der Waals surface area contributed by atoms with Gasteiger partial charge in [-0.25, -0.2) is 4.98 Å². The molecule has 1 aliphatic rings. The summed E-state index contributed by atoms with van der Waals surface area (Å²) >= 11 is 0. The summed E-state index contributed by atoms with van der Waals surface area (Å²) in [6.07, 6.45) is 3.37. The Labute approximate surface area is 118 Å². The number of aliphatic hydroxyl groups excluding tert-OH is 1. The third kappa shape index (κ3) is 2.70. The van der Waals surface area contributed by atoms with E-state index in [0.29, 0.717) is 24.0 Å². The SMILES string of the molecule is Cc1cc(C)c(/C(N)=N/O)c(N(CCO)C2CCC2)n1. The molecule has 6 nitrogen and oxygen atoms in total. The first kappa shape index (κ1) is 14.6. The maximum Gasteiger partial charge on any atom is 0.174 e. The Hall–Kier alpha value is -1.82. The topological polar surface area (TPSA) is 95.0 Å². The molecular weight excluding hydrogens is 256 g/mol. The van der Waals surface area contributed by atoms with Crippen LogP contribution in [0.25, 0.3) is 0 Å². The van der Waals surface area contributed by atoms with Crippen LogP contribution in [-0.4, -0.2) is 40.3 Å². The molecule has 1 aromatic heterocycles. The van der Waals surface area contributed by atoms with Gasteiger partial charge in [-0.15, -0.1) is 0 Å². The van der Waals surface area contributed by atoms with E-state index in [1.54, 1.807) is 0 Å². The Morgan fingerprint density at radius 1 is 1.50 bits per heavy atom. The number of amidine groups is 1. The molecule has 20 heavy (non-hydrogen) atoms. The number of hydrogen-bond acceptors (Lipinski definition) is 5. The second-order valence-corrected chi connectivity index (χ2v) is 5.27. The minimum absolute atomic E-state index is 0.0563. The molecule has 1 aliphatic carbocycles. The Bertz CT molecular complexity index is 512. The number of rotatable bonds is 5. The molecule has 0 aliphatic heterocycles. The molecule has 4 N–H and O–H groups in total. The fraction of sp³-hybridized carbons (Fsp3) is 0.571. The van der Waals surface area contributed by atoms with Crippen molar-refractivity contribution in [3.8, 4) is 0 Å². The van der Waals surface area contributed by atoms with Crippen molar-refractivity contribution in [3.63, 3.8) is 0 Å². The molecule has 1 fully saturated rings. The molecule has 1 saturated carbocycles. The van der Waals surface area contributed by atoms with E-state index in [1.165, 1.54) is 6.42 Å². The average Bonchev–Trinajstić information content (AvgIpc) is 2.34. The van der Waals surface area contributed by atoms with Crippen molar-refractivity contribution in [3.05, 3.63) is 22.9 Å². The van der Waals surface area contributed by atoms with Gasteiger partial charge in [0, 0.05) is 18.3 Å². The van der Waals surface area contributed by atoms with Gasteiger partial charge in [-0.3, -0.25) is 0 Å². The Morgan fingerprint density at radius 2 is 2.20 bits per heavy atom. The zero-order valence-corrected chi connectivity index (χ0v) is 12.0. The molecular formula is C14H22N4O2. The molecule has 0 unspecified atom stereocenters. The van der Waals surface area contributed by atoms with Gasteiger partial charge in [0.05, 0.1) is 12.2 Å². The summed E-state index contributed by atoms with van der Waals surface area (Å²) < 4.78 is 0. The van der Waals surface area contributed by atoms with E-state index in [0.717, 1.165) is 24.1 Å². The van der Waals surface area contributed by atoms with Crippen molar-refractivity contribution in [2.24, 2.45) is 10.9 Å². The van der Waals surface area contributed by atoms with Crippen LogP contribution in [0, 0.1) is 13.8 Å². The molecule has 0 atom stereocenters. The number of nitrogens with zero attached hydrogens (tertiary/aromatic N) is 3. The number of hydrogen-bond donors (Lipinski definition) is 3. The highest BCUT2D eigenvalue weighted by molar-refractivity contribution is 6.02. The molecule has 110 valence electrons. The number of oxime groups is 1. The van der Waals surface area contributed by atoms with Gasteiger partial charge >= 0.3 is 0 Å². The molecule has 0 aromatic carbocycles. The first-order valence-electron chi connectivity index (χ1n) is 6.92. The van der Waals surface area contributed by atoms with Gasteiger partial charge in [0.15, 0.2) is 5.84 Å². The van der Waals surface area contributed by atoms with Crippen LogP contribution in [0.1, 0.15) is 36.1 Å². The highest BCUT2D eigenvalue weighted by atomic mass is 16.4. The van der Waals surface area contributed by atoms with E-state index >= 15 is 0 Å². The predicted octanol–water partition coefficient (Wildman–Crippen LogP) is 1.14. The first-order chi connectivity index (χ1) is 9.58. The lowest BCUT2D eigenvalue weighted by Crippen LogP contribution is -2.43. The van der Waals surface area contributed by atoms with Gasteiger partial charge in [0.2, 0.25) is 0 Å². The predicted molar refractivity (Wildman–Crippen MR) is 78.3 cm³/mol. The standard InChI is InChI=1S/C14H22N4O2/c1-9-8-10(2)16-14(12(9)13(15)17-20)18(6-7-19)11-4-3-5-11/h8,11,19-20H,3-7H2,1-2H3,(H2,15,17). The molecule has 1 heterocycles. The monoisotopic (exact) mass is 278 g/mol. The second kappa shape index (κ2) is 6.09. The number of aromatic nitrogens is 1. The fourth-order valence-corrected chi connectivity index (χ4v) is 2.66. The van der Waals surface area contributed by atoms with Gasteiger partial charge in [-0.1, -0.05) is 5.16 Å². The number of anilines is 1. The summed E-state index contributed by atoms with van der Waals surface area (Å²) in [5, 5.41) is 21.4. The quantitative estimate of drug-likeness (QED) is 0.325. The lowest BCUT2D eigenvalue weighted by atomic mass is 9.91. The van der Waals surface area contributed by atoms with E-state index in [1.807, 2.05) is 19.9 Å². The van der Waals surface area contributed by atoms with E-state index < -0.39 is 0 Å². The molecule has 0 saturated heterocycles. The Kier molecular flexibility index (Phi) is 4.44. The van der Waals surface area contributed by atoms with Crippen LogP contribution in [-0.2, 0) is 0 Å². The zero-order valence-electron chi connectivity index (χ0n) is 12.0. The van der Waals surface area contributed by atoms with Crippen LogP contribution in [0.5, 0.6) is 0 Å². The van der Waals surface area contributed by atoms with E-state index in [9.17, 15) is 5.11 Å². The molecule has 2 rings (SSSR count). The molecule has 1 aromatic rings. The Balaban J connectivity index is 2.51. The largest absolute Gasteiger partial charge is 0.409 e. The number of pyridine rings is 1. The van der Waals surface area contributed by atoms with Crippen molar-refractivity contribution >= 4 is 11.7 Å². The van der Waals surface area contributed by atoms with Crippen molar-refractivity contribution in [2.75, 3.05) is 18.1 Å². The highest BCUT2D eigenvalue weighted by Crippen LogP contribution is 2.31. The normalized spacial score (nSPS) is 16.1. The molecule has 0 radical (unpaired) electrons. The van der Waals surface area contributed by atoms with Crippen LogP contribution in [0.2, 0.25) is 0 Å². The van der Waals surface area contributed by atoms with E-state index in [-0.39, 0.29) is 12.4 Å². The molecule has 0 bridgehead atoms. The first-order valence-corrected chi connectivity index (χ1v) is 6.92. The third-order valence-electron chi connectivity index (χ3n) is 3.82. The van der Waals surface area contributed by atoms with Crippen molar-refractivity contribution in [1.82, 2.24) is 4.98 Å². The summed E-state index contributed by atoms with van der Waals surface area (Å²) in [6, 6.07) is 2.29. The second-order valence-electron chi connectivity index (χ2n) is 5.27. The number of aliphatic hydroxyl groups is 1. The fourth-order valence-electron chi connectivity index (χ4n) is 2.66. The van der Waals surface area contributed by atoms with Crippen LogP contribution >= 0.6 is 0 Å². The van der Waals surface area contributed by atoms with E-state index in [4.69, 9.17) is 10.9 Å². The van der Waals surface area contributed by atoms with Gasteiger partial charge in [-0.05, 0) is 44.7 Å². The minimum atomic E-state index is 0.0563. The zero-order chi connectivity index (χ0) is 14.7. The summed E-state index contributed by atoms with van der Waals surface area (Å²) in [5.41, 5.74) is 8.27. The van der Waals surface area contributed by atoms with Crippen LogP contribution in [0.3, 0.4) is 0 Å².